The van der Waals surface area contributed by atoms with E-state index in [2.05, 4.69) is 4.72 Å². The second kappa shape index (κ2) is 6.48. The average molecular weight is 383 g/mol. The van der Waals surface area contributed by atoms with Crippen LogP contribution in [0.25, 0.3) is 0 Å². The van der Waals surface area contributed by atoms with Crippen molar-refractivity contribution in [2.24, 2.45) is 0 Å². The van der Waals surface area contributed by atoms with Gasteiger partial charge in [-0.05, 0) is 19.1 Å². The maximum Gasteiger partial charge on any atom is 0.304 e. The summed E-state index contributed by atoms with van der Waals surface area (Å²) in [6.45, 7) is 1.86. The highest BCUT2D eigenvalue weighted by Gasteiger charge is 2.21. The van der Waals surface area contributed by atoms with Crippen molar-refractivity contribution < 1.29 is 18.3 Å². The number of rotatable bonds is 6. The number of sulfonamides is 1. The summed E-state index contributed by atoms with van der Waals surface area (Å²) < 4.78 is 26.8. The van der Waals surface area contributed by atoms with E-state index in [0.29, 0.717) is 4.43 Å². The summed E-state index contributed by atoms with van der Waals surface area (Å²) in [5.41, 5.74) is 0.963. The fourth-order valence-corrected chi connectivity index (χ4v) is 3.41. The lowest BCUT2D eigenvalue weighted by Crippen LogP contribution is -2.37. The fraction of sp³-hybridized carbons (Fsp3) is 0.364. The molecule has 18 heavy (non-hydrogen) atoms. The number of alkyl halides is 1. The minimum Gasteiger partial charge on any atom is -0.481 e. The van der Waals surface area contributed by atoms with Crippen molar-refractivity contribution in [1.82, 2.24) is 4.72 Å². The molecule has 1 atom stereocenters. The standard InChI is InChI=1S/C11H14INO4S/c1-8-2-4-10(5-3-8)18(16,17)13-9(7-12)6-11(14)15/h2-5,9,13H,6-7H2,1H3,(H,14,15). The van der Waals surface area contributed by atoms with Crippen molar-refractivity contribution >= 4 is 38.6 Å². The Morgan fingerprint density at radius 3 is 2.39 bits per heavy atom. The third-order valence-electron chi connectivity index (χ3n) is 2.26. The summed E-state index contributed by atoms with van der Waals surface area (Å²) in [7, 11) is -3.65. The van der Waals surface area contributed by atoms with E-state index in [4.69, 9.17) is 5.11 Å². The molecule has 0 radical (unpaired) electrons. The monoisotopic (exact) mass is 383 g/mol. The van der Waals surface area contributed by atoms with Crippen molar-refractivity contribution in [1.29, 1.82) is 0 Å². The average Bonchev–Trinajstić information content (AvgIpc) is 2.27. The van der Waals surface area contributed by atoms with Crippen LogP contribution in [0.1, 0.15) is 12.0 Å². The van der Waals surface area contributed by atoms with Gasteiger partial charge in [-0.1, -0.05) is 40.3 Å². The number of aliphatic carboxylic acids is 1. The summed E-state index contributed by atoms with van der Waals surface area (Å²) in [5, 5.41) is 8.68. The summed E-state index contributed by atoms with van der Waals surface area (Å²) in [5.74, 6) is -1.02. The first kappa shape index (κ1) is 15.4. The molecule has 0 aromatic heterocycles. The number of carboxylic acids is 1. The molecule has 5 nitrogen and oxygen atoms in total. The molecule has 1 rings (SSSR count). The quantitative estimate of drug-likeness (QED) is 0.577. The molecule has 0 aliphatic heterocycles. The third kappa shape index (κ3) is 4.54. The first-order valence-electron chi connectivity index (χ1n) is 5.22. The molecule has 0 aliphatic rings. The van der Waals surface area contributed by atoms with Crippen LogP contribution in [-0.2, 0) is 14.8 Å². The van der Waals surface area contributed by atoms with Gasteiger partial charge in [-0.2, -0.15) is 0 Å². The summed E-state index contributed by atoms with van der Waals surface area (Å²) in [6.07, 6.45) is -0.228. The maximum atomic E-state index is 12.0. The predicted octanol–water partition coefficient (Wildman–Crippen LogP) is 1.55. The van der Waals surface area contributed by atoms with Crippen LogP contribution in [0, 0.1) is 6.92 Å². The lowest BCUT2D eigenvalue weighted by Gasteiger charge is -2.14. The van der Waals surface area contributed by atoms with Crippen LogP contribution in [0.5, 0.6) is 0 Å². The predicted molar refractivity (Wildman–Crippen MR) is 76.4 cm³/mol. The Hall–Kier alpha value is -0.670. The molecule has 0 heterocycles. The highest BCUT2D eigenvalue weighted by atomic mass is 127. The zero-order chi connectivity index (χ0) is 13.8. The number of halogens is 1. The minimum atomic E-state index is -3.65. The maximum absolute atomic E-state index is 12.0. The van der Waals surface area contributed by atoms with Crippen molar-refractivity contribution in [2.75, 3.05) is 4.43 Å². The molecular formula is C11H14INO4S. The summed E-state index contributed by atoms with van der Waals surface area (Å²) in [4.78, 5) is 10.7. The third-order valence-corrected chi connectivity index (χ3v) is 4.86. The van der Waals surface area contributed by atoms with Gasteiger partial charge >= 0.3 is 5.97 Å². The topological polar surface area (TPSA) is 83.5 Å². The number of carbonyl (C=O) groups is 1. The number of aryl methyl sites for hydroxylation is 1. The molecule has 0 spiro atoms. The number of benzene rings is 1. The van der Waals surface area contributed by atoms with Gasteiger partial charge in [0.1, 0.15) is 0 Å². The number of hydrogen-bond donors (Lipinski definition) is 2. The molecule has 0 amide bonds. The smallest absolute Gasteiger partial charge is 0.304 e. The number of hydrogen-bond acceptors (Lipinski definition) is 3. The van der Waals surface area contributed by atoms with E-state index in [1.807, 2.05) is 29.5 Å². The summed E-state index contributed by atoms with van der Waals surface area (Å²) >= 11 is 1.96. The van der Waals surface area contributed by atoms with Gasteiger partial charge in [-0.25, -0.2) is 13.1 Å². The van der Waals surface area contributed by atoms with Crippen LogP contribution >= 0.6 is 22.6 Å². The van der Waals surface area contributed by atoms with Crippen molar-refractivity contribution in [3.8, 4) is 0 Å². The van der Waals surface area contributed by atoms with E-state index in [9.17, 15) is 13.2 Å². The van der Waals surface area contributed by atoms with Crippen LogP contribution in [0.2, 0.25) is 0 Å². The van der Waals surface area contributed by atoms with E-state index in [-0.39, 0.29) is 11.3 Å². The zero-order valence-electron chi connectivity index (χ0n) is 9.76. The Labute approximate surface area is 120 Å². The highest BCUT2D eigenvalue weighted by Crippen LogP contribution is 2.12. The first-order valence-corrected chi connectivity index (χ1v) is 8.23. The van der Waals surface area contributed by atoms with Gasteiger partial charge in [0.25, 0.3) is 0 Å². The SMILES string of the molecule is Cc1ccc(S(=O)(=O)NC(CI)CC(=O)O)cc1. The van der Waals surface area contributed by atoms with Gasteiger partial charge in [-0.3, -0.25) is 4.79 Å². The van der Waals surface area contributed by atoms with Gasteiger partial charge in [0.15, 0.2) is 0 Å². The Balaban J connectivity index is 2.86. The Bertz CT molecular complexity index is 512. The summed E-state index contributed by atoms with van der Waals surface area (Å²) in [6, 6.07) is 5.80. The Morgan fingerprint density at radius 1 is 1.39 bits per heavy atom. The largest absolute Gasteiger partial charge is 0.481 e. The molecule has 100 valence electrons. The van der Waals surface area contributed by atoms with Gasteiger partial charge in [0, 0.05) is 10.5 Å². The highest BCUT2D eigenvalue weighted by molar-refractivity contribution is 14.1. The van der Waals surface area contributed by atoms with Crippen LogP contribution < -0.4 is 4.72 Å². The molecule has 2 N–H and O–H groups in total. The molecular weight excluding hydrogens is 369 g/mol. The molecule has 0 aliphatic carbocycles. The molecule has 0 saturated heterocycles. The van der Waals surface area contributed by atoms with Gasteiger partial charge in [0.2, 0.25) is 10.0 Å². The van der Waals surface area contributed by atoms with E-state index in [1.54, 1.807) is 12.1 Å². The molecule has 7 heteroatoms. The van der Waals surface area contributed by atoms with Gasteiger partial charge in [-0.15, -0.1) is 0 Å². The Morgan fingerprint density at radius 2 is 1.94 bits per heavy atom. The second-order valence-electron chi connectivity index (χ2n) is 3.88. The fourth-order valence-electron chi connectivity index (χ4n) is 1.34. The second-order valence-corrected chi connectivity index (χ2v) is 6.48. The normalized spacial score (nSPS) is 13.2. The molecule has 0 bridgehead atoms. The molecule has 1 aromatic carbocycles. The molecule has 1 unspecified atom stereocenters. The van der Waals surface area contributed by atoms with Crippen LogP contribution in [0.3, 0.4) is 0 Å². The van der Waals surface area contributed by atoms with Gasteiger partial charge < -0.3 is 5.11 Å². The first-order chi connectivity index (χ1) is 8.35. The lowest BCUT2D eigenvalue weighted by molar-refractivity contribution is -0.137. The van der Waals surface area contributed by atoms with E-state index < -0.39 is 22.0 Å². The number of carboxylic acid groups (broad SMARTS) is 1. The van der Waals surface area contributed by atoms with Crippen LogP contribution in [-0.4, -0.2) is 30.0 Å². The minimum absolute atomic E-state index is 0.147. The number of nitrogens with one attached hydrogen (secondary N) is 1. The van der Waals surface area contributed by atoms with Crippen molar-refractivity contribution in [2.45, 2.75) is 24.3 Å². The molecule has 1 aromatic rings. The van der Waals surface area contributed by atoms with Gasteiger partial charge in [0.05, 0.1) is 11.3 Å². The Kier molecular flexibility index (Phi) is 5.54. The zero-order valence-corrected chi connectivity index (χ0v) is 12.7. The van der Waals surface area contributed by atoms with Crippen LogP contribution in [0.4, 0.5) is 0 Å². The molecule has 0 fully saturated rings. The lowest BCUT2D eigenvalue weighted by atomic mass is 10.2. The van der Waals surface area contributed by atoms with E-state index in [1.165, 1.54) is 12.1 Å². The molecule has 0 saturated carbocycles. The van der Waals surface area contributed by atoms with Crippen molar-refractivity contribution in [3.05, 3.63) is 29.8 Å². The van der Waals surface area contributed by atoms with E-state index >= 15 is 0 Å². The van der Waals surface area contributed by atoms with Crippen molar-refractivity contribution in [3.63, 3.8) is 0 Å². The van der Waals surface area contributed by atoms with Crippen LogP contribution in [0.15, 0.2) is 29.2 Å². The van der Waals surface area contributed by atoms with E-state index in [0.717, 1.165) is 5.56 Å².